The number of hydrazine groups is 1. The molecule has 2 rings (SSSR count). The lowest BCUT2D eigenvalue weighted by Gasteiger charge is -1.99. The number of furan rings is 1. The highest BCUT2D eigenvalue weighted by Gasteiger charge is 2.06. The Morgan fingerprint density at radius 1 is 1.29 bits per heavy atom. The lowest BCUT2D eigenvalue weighted by Crippen LogP contribution is -2.37. The summed E-state index contributed by atoms with van der Waals surface area (Å²) in [6, 6.07) is 9.87. The smallest absolute Gasteiger partial charge is 0.335 e. The van der Waals surface area contributed by atoms with Crippen LogP contribution >= 0.6 is 12.2 Å². The molecule has 0 aliphatic heterocycles. The van der Waals surface area contributed by atoms with Gasteiger partial charge in [-0.3, -0.25) is 10.9 Å². The molecule has 1 aromatic carbocycles. The minimum Gasteiger partial charge on any atom is -0.478 e. The molecule has 0 aliphatic carbocycles. The largest absolute Gasteiger partial charge is 0.478 e. The summed E-state index contributed by atoms with van der Waals surface area (Å²) in [6.45, 7) is 0. The Bertz CT molecular complexity index is 679. The van der Waals surface area contributed by atoms with Gasteiger partial charge in [0.05, 0.1) is 11.8 Å². The molecule has 0 saturated heterocycles. The van der Waals surface area contributed by atoms with Gasteiger partial charge in [-0.1, -0.05) is 12.1 Å². The van der Waals surface area contributed by atoms with Crippen LogP contribution in [-0.2, 0) is 0 Å². The van der Waals surface area contributed by atoms with Crippen molar-refractivity contribution in [1.29, 1.82) is 0 Å². The van der Waals surface area contributed by atoms with Crippen molar-refractivity contribution in [2.75, 3.05) is 0 Å². The summed E-state index contributed by atoms with van der Waals surface area (Å²) in [5, 5.41) is 12.8. The molecule has 0 atom stereocenters. The minimum atomic E-state index is -0.968. The van der Waals surface area contributed by atoms with Crippen LogP contribution in [0.15, 0.2) is 45.9 Å². The third-order valence-corrected chi connectivity index (χ3v) is 2.74. The van der Waals surface area contributed by atoms with E-state index in [0.29, 0.717) is 11.5 Å². The second-order valence-electron chi connectivity index (χ2n) is 3.93. The van der Waals surface area contributed by atoms with Crippen LogP contribution in [0.1, 0.15) is 16.1 Å². The highest BCUT2D eigenvalue weighted by atomic mass is 32.1. The molecule has 0 fully saturated rings. The quantitative estimate of drug-likeness (QED) is 0.291. The number of nitrogens with zero attached hydrogens (tertiary/aromatic N) is 1. The maximum Gasteiger partial charge on any atom is 0.335 e. The molecule has 0 saturated carbocycles. The molecular weight excluding hydrogens is 292 g/mol. The first kappa shape index (κ1) is 14.7. The first-order valence-corrected chi connectivity index (χ1v) is 6.24. The normalized spacial score (nSPS) is 10.5. The van der Waals surface area contributed by atoms with Crippen molar-refractivity contribution in [1.82, 2.24) is 10.9 Å². The highest BCUT2D eigenvalue weighted by molar-refractivity contribution is 7.80. The number of nitrogens with two attached hydrogens (primary N) is 1. The number of aromatic carboxylic acids is 1. The second-order valence-corrected chi connectivity index (χ2v) is 4.34. The number of benzene rings is 1. The molecular formula is C13H12N4O3S. The van der Waals surface area contributed by atoms with Gasteiger partial charge in [0.15, 0.2) is 0 Å². The van der Waals surface area contributed by atoms with Crippen LogP contribution in [-0.4, -0.2) is 22.4 Å². The van der Waals surface area contributed by atoms with Gasteiger partial charge in [0, 0.05) is 5.56 Å². The Balaban J connectivity index is 2.09. The number of nitrogens with one attached hydrogen (secondary N) is 2. The number of rotatable bonds is 4. The summed E-state index contributed by atoms with van der Waals surface area (Å²) in [6.07, 6.45) is 1.44. The second kappa shape index (κ2) is 6.64. The molecule has 108 valence electrons. The van der Waals surface area contributed by atoms with E-state index in [1.807, 2.05) is 0 Å². The van der Waals surface area contributed by atoms with Gasteiger partial charge in [-0.15, -0.1) is 0 Å². The molecule has 1 heterocycles. The summed E-state index contributed by atoms with van der Waals surface area (Å²) in [5.41, 5.74) is 5.71. The maximum absolute atomic E-state index is 10.8. The van der Waals surface area contributed by atoms with Crippen molar-refractivity contribution < 1.29 is 14.3 Å². The Morgan fingerprint density at radius 3 is 2.62 bits per heavy atom. The molecule has 0 bridgehead atoms. The van der Waals surface area contributed by atoms with E-state index in [0.717, 1.165) is 5.56 Å². The summed E-state index contributed by atoms with van der Waals surface area (Å²) in [5.74, 6) is 5.22. The molecule has 21 heavy (non-hydrogen) atoms. The first-order chi connectivity index (χ1) is 10.1. The Kier molecular flexibility index (Phi) is 4.64. The Labute approximate surface area is 125 Å². The van der Waals surface area contributed by atoms with E-state index in [1.165, 1.54) is 18.3 Å². The third kappa shape index (κ3) is 3.88. The van der Waals surface area contributed by atoms with E-state index in [-0.39, 0.29) is 10.7 Å². The summed E-state index contributed by atoms with van der Waals surface area (Å²) >= 11 is 4.75. The average Bonchev–Trinajstić information content (AvgIpc) is 2.96. The minimum absolute atomic E-state index is 0.183. The van der Waals surface area contributed by atoms with Gasteiger partial charge in [-0.2, -0.15) is 5.10 Å². The Hall–Kier alpha value is -2.71. The third-order valence-electron chi connectivity index (χ3n) is 2.53. The number of hydrazone groups is 1. The number of thiocarbonyl (C=S) groups is 1. The van der Waals surface area contributed by atoms with Gasteiger partial charge in [-0.05, 0) is 36.5 Å². The van der Waals surface area contributed by atoms with Crippen molar-refractivity contribution in [3.8, 4) is 11.3 Å². The fourth-order valence-corrected chi connectivity index (χ4v) is 1.59. The fourth-order valence-electron chi connectivity index (χ4n) is 1.54. The lowest BCUT2D eigenvalue weighted by molar-refractivity contribution is 0.0697. The Morgan fingerprint density at radius 2 is 2.00 bits per heavy atom. The zero-order valence-electron chi connectivity index (χ0n) is 10.7. The summed E-state index contributed by atoms with van der Waals surface area (Å²) in [4.78, 5) is 10.8. The van der Waals surface area contributed by atoms with Gasteiger partial charge in [-0.25, -0.2) is 10.6 Å². The van der Waals surface area contributed by atoms with Gasteiger partial charge in [0.25, 0.3) is 0 Å². The standard InChI is InChI=1S/C13H12N4O3S/c14-16-13(21)17-15-7-10-5-6-11(20-10)8-1-3-9(4-2-8)12(18)19/h1-7H,14H2,(H,18,19)(H2,16,17,21)/b15-7+. The molecule has 2 aromatic rings. The van der Waals surface area contributed by atoms with E-state index in [2.05, 4.69) is 16.0 Å². The molecule has 0 amide bonds. The van der Waals surface area contributed by atoms with Gasteiger partial charge in [0.2, 0.25) is 5.11 Å². The number of hydrogen-bond donors (Lipinski definition) is 4. The van der Waals surface area contributed by atoms with Crippen LogP contribution in [0.4, 0.5) is 0 Å². The van der Waals surface area contributed by atoms with Gasteiger partial charge >= 0.3 is 5.97 Å². The lowest BCUT2D eigenvalue weighted by atomic mass is 10.1. The topological polar surface area (TPSA) is 113 Å². The van der Waals surface area contributed by atoms with Crippen molar-refractivity contribution in [3.63, 3.8) is 0 Å². The first-order valence-electron chi connectivity index (χ1n) is 5.83. The maximum atomic E-state index is 10.8. The SMILES string of the molecule is NNC(=S)N/N=C/c1ccc(-c2ccc(C(=O)O)cc2)o1. The van der Waals surface area contributed by atoms with Crippen LogP contribution in [0.5, 0.6) is 0 Å². The van der Waals surface area contributed by atoms with E-state index >= 15 is 0 Å². The zero-order chi connectivity index (χ0) is 15.2. The predicted molar refractivity (Wildman–Crippen MR) is 81.8 cm³/mol. The van der Waals surface area contributed by atoms with E-state index in [9.17, 15) is 4.79 Å². The van der Waals surface area contributed by atoms with Crippen LogP contribution in [0.25, 0.3) is 11.3 Å². The van der Waals surface area contributed by atoms with Crippen molar-refractivity contribution in [2.45, 2.75) is 0 Å². The van der Waals surface area contributed by atoms with E-state index in [4.69, 9.17) is 27.6 Å². The highest BCUT2D eigenvalue weighted by Crippen LogP contribution is 2.21. The van der Waals surface area contributed by atoms with Gasteiger partial charge < -0.3 is 9.52 Å². The molecule has 0 aliphatic rings. The van der Waals surface area contributed by atoms with Crippen LogP contribution < -0.4 is 16.7 Å². The summed E-state index contributed by atoms with van der Waals surface area (Å²) < 4.78 is 5.55. The zero-order valence-corrected chi connectivity index (χ0v) is 11.6. The van der Waals surface area contributed by atoms with E-state index in [1.54, 1.807) is 24.3 Å². The molecule has 8 heteroatoms. The van der Waals surface area contributed by atoms with Crippen LogP contribution in [0.2, 0.25) is 0 Å². The molecule has 1 aromatic heterocycles. The van der Waals surface area contributed by atoms with Crippen molar-refractivity contribution >= 4 is 29.5 Å². The predicted octanol–water partition coefficient (Wildman–Crippen LogP) is 1.32. The van der Waals surface area contributed by atoms with Crippen molar-refractivity contribution in [3.05, 3.63) is 47.7 Å². The van der Waals surface area contributed by atoms with E-state index < -0.39 is 5.97 Å². The monoisotopic (exact) mass is 304 g/mol. The molecule has 5 N–H and O–H groups in total. The molecule has 0 unspecified atom stereocenters. The van der Waals surface area contributed by atoms with Gasteiger partial charge in [0.1, 0.15) is 11.5 Å². The molecule has 0 radical (unpaired) electrons. The molecule has 7 nitrogen and oxygen atoms in total. The fraction of sp³-hybridized carbons (Fsp3) is 0. The number of hydrogen-bond acceptors (Lipinski definition) is 5. The molecule has 0 spiro atoms. The van der Waals surface area contributed by atoms with Crippen LogP contribution in [0, 0.1) is 0 Å². The number of carboxylic acids is 1. The van der Waals surface area contributed by atoms with Crippen molar-refractivity contribution in [2.24, 2.45) is 10.9 Å². The summed E-state index contributed by atoms with van der Waals surface area (Å²) in [7, 11) is 0. The number of carboxylic acid groups (broad SMARTS) is 1. The van der Waals surface area contributed by atoms with Crippen LogP contribution in [0.3, 0.4) is 0 Å². The average molecular weight is 304 g/mol. The number of carbonyl (C=O) groups is 1.